The largest absolute Gasteiger partial charge is 0.501 e. The van der Waals surface area contributed by atoms with Crippen LogP contribution in [0.25, 0.3) is 77.1 Å². The van der Waals surface area contributed by atoms with Gasteiger partial charge in [-0.15, -0.1) is 54.1 Å². The molecule has 9 aromatic rings. The number of benzene rings is 6. The predicted octanol–water partition coefficient (Wildman–Crippen LogP) is 16.1. The van der Waals surface area contributed by atoms with Gasteiger partial charge in [-0.2, -0.15) is 0 Å². The Hall–Kier alpha value is -5.41. The zero-order valence-corrected chi connectivity index (χ0v) is 39.3. The molecule has 0 aliphatic carbocycles. The molecule has 311 valence electrons. The fourth-order valence-electron chi connectivity index (χ4n) is 8.17. The van der Waals surface area contributed by atoms with Crippen LogP contribution in [0.3, 0.4) is 0 Å². The fraction of sp³-hybridized carbons (Fsp3) is 0.263. The Morgan fingerprint density at radius 3 is 1.98 bits per heavy atom. The van der Waals surface area contributed by atoms with Crippen molar-refractivity contribution in [2.75, 3.05) is 0 Å². The average molecular weight is 980 g/mol. The minimum atomic E-state index is -2.34. The molecular weight excluding hydrogens is 921 g/mol. The maximum atomic E-state index is 8.53. The van der Waals surface area contributed by atoms with Crippen LogP contribution >= 0.6 is 0 Å². The second-order valence-corrected chi connectivity index (χ2v) is 18.7. The molecule has 6 aromatic carbocycles. The fourth-order valence-corrected chi connectivity index (χ4v) is 8.17. The van der Waals surface area contributed by atoms with Gasteiger partial charge in [-0.1, -0.05) is 141 Å². The number of hydrogen-bond acceptors (Lipinski definition) is 3. The summed E-state index contributed by atoms with van der Waals surface area (Å²) in [5, 5.41) is 6.67. The van der Waals surface area contributed by atoms with Crippen LogP contribution in [0.5, 0.6) is 0 Å². The molecule has 3 nitrogen and oxygen atoms in total. The molecule has 0 amide bonds. The van der Waals surface area contributed by atoms with Crippen molar-refractivity contribution in [3.8, 4) is 33.6 Å². The Kier molecular flexibility index (Phi) is 11.2. The van der Waals surface area contributed by atoms with Crippen molar-refractivity contribution in [2.24, 2.45) is 0 Å². The van der Waals surface area contributed by atoms with E-state index in [1.807, 2.05) is 48.7 Å². The molecule has 0 bridgehead atoms. The number of rotatable bonds is 5. The van der Waals surface area contributed by atoms with E-state index in [-0.39, 0.29) is 48.3 Å². The molecule has 3 heterocycles. The number of aryl methyl sites for hydroxylation is 1. The number of nitrogens with zero attached hydrogens (tertiary/aromatic N) is 2. The van der Waals surface area contributed by atoms with Crippen molar-refractivity contribution in [1.29, 1.82) is 0 Å². The van der Waals surface area contributed by atoms with Gasteiger partial charge in [0.15, 0.2) is 0 Å². The summed E-state index contributed by atoms with van der Waals surface area (Å²) in [4.78, 5) is 9.16. The number of fused-ring (bicyclic) bond motifs is 6. The molecule has 0 aliphatic rings. The van der Waals surface area contributed by atoms with Crippen molar-refractivity contribution in [2.45, 2.75) is 98.8 Å². The Morgan fingerprint density at radius 1 is 0.607 bits per heavy atom. The van der Waals surface area contributed by atoms with Gasteiger partial charge in [-0.25, -0.2) is 0 Å². The average Bonchev–Trinajstić information content (AvgIpc) is 3.62. The van der Waals surface area contributed by atoms with Crippen molar-refractivity contribution in [3.05, 3.63) is 168 Å². The van der Waals surface area contributed by atoms with Crippen LogP contribution in [-0.4, -0.2) is 9.97 Å². The number of aromatic nitrogens is 2. The minimum absolute atomic E-state index is 0. The number of hydrogen-bond donors (Lipinski definition) is 0. The van der Waals surface area contributed by atoms with E-state index in [1.165, 1.54) is 21.9 Å². The minimum Gasteiger partial charge on any atom is -0.501 e. The first-order chi connectivity index (χ1) is 29.8. The SMILES string of the molecule is CC(C)(C)c1ccnc(-c2[c-]cccc2)c1.[2H]C([2H])([2H])c1cnc(-c2[c-]ccc3c2oc2cc4c(ccc5ccccc54)cc23)cc1-c1c(C(C)C)cc(C(C)(C)C)cc1C(C)C.[Ir]. The maximum absolute atomic E-state index is 8.53. The number of pyridine rings is 2. The summed E-state index contributed by atoms with van der Waals surface area (Å²) in [7, 11) is 0. The quantitative estimate of drug-likeness (QED) is 0.127. The third-order valence-electron chi connectivity index (χ3n) is 11.6. The molecule has 61 heavy (non-hydrogen) atoms. The van der Waals surface area contributed by atoms with Gasteiger partial charge in [0.05, 0.1) is 5.58 Å². The van der Waals surface area contributed by atoms with E-state index in [1.54, 1.807) is 6.20 Å². The van der Waals surface area contributed by atoms with Gasteiger partial charge >= 0.3 is 0 Å². The van der Waals surface area contributed by atoms with Crippen LogP contribution in [0, 0.1) is 19.0 Å². The summed E-state index contributed by atoms with van der Waals surface area (Å²) >= 11 is 0. The van der Waals surface area contributed by atoms with Gasteiger partial charge in [-0.05, 0) is 120 Å². The molecule has 4 heteroatoms. The van der Waals surface area contributed by atoms with Gasteiger partial charge in [0.2, 0.25) is 0 Å². The van der Waals surface area contributed by atoms with Crippen LogP contribution in [-0.2, 0) is 30.9 Å². The third-order valence-corrected chi connectivity index (χ3v) is 11.6. The summed E-state index contributed by atoms with van der Waals surface area (Å²) in [6.07, 6.45) is 3.41. The maximum Gasteiger partial charge on any atom is 0.121 e. The van der Waals surface area contributed by atoms with Crippen molar-refractivity contribution in [3.63, 3.8) is 0 Å². The van der Waals surface area contributed by atoms with E-state index in [4.69, 9.17) is 13.5 Å². The second-order valence-electron chi connectivity index (χ2n) is 18.7. The molecule has 0 N–H and O–H groups in total. The molecule has 0 fully saturated rings. The number of furan rings is 1. The summed E-state index contributed by atoms with van der Waals surface area (Å²) in [6.45, 7) is 19.7. The van der Waals surface area contributed by atoms with Crippen LogP contribution in [0.4, 0.5) is 0 Å². The summed E-state index contributed by atoms with van der Waals surface area (Å²) in [6, 6.07) is 46.3. The zero-order valence-electron chi connectivity index (χ0n) is 39.9. The van der Waals surface area contributed by atoms with E-state index < -0.39 is 6.85 Å². The van der Waals surface area contributed by atoms with Crippen molar-refractivity contribution < 1.29 is 28.6 Å². The standard InChI is InChI=1S/C42H40NO.C15H16N.Ir/c1-24(2)33-19-29(42(6,7)8)20-34(25(3)4)40(33)35-21-38(43-23-26(35)5)32-15-11-14-31-37-18-28-17-16-27-12-9-10-13-30(27)36(28)22-39(37)44-41(31)32;1-15(2,3)13-9-10-16-14(11-13)12-7-5-4-6-8-12;/h9-14,16-25H,1-8H3;4-7,9-11H,1-3H3;/q2*-1;/i5D3;;. The molecule has 0 saturated carbocycles. The third kappa shape index (κ3) is 8.72. The molecule has 3 aromatic heterocycles. The molecule has 0 aliphatic heterocycles. The summed E-state index contributed by atoms with van der Waals surface area (Å²) in [5.41, 5.74) is 11.8. The van der Waals surface area contributed by atoms with Crippen molar-refractivity contribution in [1.82, 2.24) is 9.97 Å². The van der Waals surface area contributed by atoms with E-state index in [2.05, 4.69) is 159 Å². The Labute approximate surface area is 380 Å². The molecular formula is C57H56IrN2O-2. The molecule has 0 saturated heterocycles. The van der Waals surface area contributed by atoms with Crippen LogP contribution < -0.4 is 0 Å². The molecule has 0 spiro atoms. The molecule has 0 atom stereocenters. The van der Waals surface area contributed by atoms with Gasteiger partial charge < -0.3 is 14.4 Å². The second kappa shape index (κ2) is 17.2. The van der Waals surface area contributed by atoms with E-state index in [0.717, 1.165) is 60.6 Å². The van der Waals surface area contributed by atoms with Crippen LogP contribution in [0.2, 0.25) is 0 Å². The molecule has 0 unspecified atom stereocenters. The first kappa shape index (κ1) is 39.7. The van der Waals surface area contributed by atoms with Crippen LogP contribution in [0.1, 0.15) is 113 Å². The molecule has 9 rings (SSSR count). The van der Waals surface area contributed by atoms with Crippen LogP contribution in [0.15, 0.2) is 132 Å². The summed E-state index contributed by atoms with van der Waals surface area (Å²) < 4.78 is 32.2. The first-order valence-electron chi connectivity index (χ1n) is 22.6. The zero-order chi connectivity index (χ0) is 45.0. The van der Waals surface area contributed by atoms with Gasteiger partial charge in [0.25, 0.3) is 0 Å². The Bertz CT molecular complexity index is 3100. The van der Waals surface area contributed by atoms with Gasteiger partial charge in [0, 0.05) is 42.0 Å². The van der Waals surface area contributed by atoms with E-state index in [9.17, 15) is 0 Å². The normalized spacial score (nSPS) is 13.0. The summed E-state index contributed by atoms with van der Waals surface area (Å²) in [5.74, 6) is 0.364. The van der Waals surface area contributed by atoms with Gasteiger partial charge in [-0.3, -0.25) is 0 Å². The monoisotopic (exact) mass is 980 g/mol. The topological polar surface area (TPSA) is 38.9 Å². The Balaban J connectivity index is 0.000000304. The Morgan fingerprint density at radius 2 is 1.31 bits per heavy atom. The smallest absolute Gasteiger partial charge is 0.121 e. The first-order valence-corrected chi connectivity index (χ1v) is 21.1. The van der Waals surface area contributed by atoms with E-state index >= 15 is 0 Å². The van der Waals surface area contributed by atoms with Gasteiger partial charge in [0.1, 0.15) is 5.58 Å². The van der Waals surface area contributed by atoms with Crippen molar-refractivity contribution >= 4 is 43.5 Å². The predicted molar refractivity (Wildman–Crippen MR) is 255 cm³/mol. The molecule has 1 radical (unpaired) electrons. The van der Waals surface area contributed by atoms with E-state index in [0.29, 0.717) is 16.8 Å².